The Balaban J connectivity index is 0.000000956. The molecule has 2 rings (SSSR count). The van der Waals surface area contributed by atoms with Crippen molar-refractivity contribution in [2.24, 2.45) is 5.84 Å². The molecule has 0 saturated heterocycles. The van der Waals surface area contributed by atoms with Crippen LogP contribution in [0.25, 0.3) is 0 Å². The van der Waals surface area contributed by atoms with Crippen LogP contribution < -0.4 is 22.7 Å². The van der Waals surface area contributed by atoms with Gasteiger partial charge in [-0.2, -0.15) is 0 Å². The van der Waals surface area contributed by atoms with Crippen LogP contribution in [0, 0.1) is 0 Å². The molecule has 1 aromatic carbocycles. The lowest BCUT2D eigenvalue weighted by atomic mass is 9.92. The first-order valence-corrected chi connectivity index (χ1v) is 6.71. The molecule has 1 heterocycles. The van der Waals surface area contributed by atoms with Crippen LogP contribution in [0.2, 0.25) is 0 Å². The summed E-state index contributed by atoms with van der Waals surface area (Å²) in [5, 5.41) is 0. The first-order chi connectivity index (χ1) is 9.63. The van der Waals surface area contributed by atoms with Gasteiger partial charge in [0.15, 0.2) is 5.82 Å². The van der Waals surface area contributed by atoms with Gasteiger partial charge < -0.3 is 16.9 Å². The molecule has 0 aliphatic carbocycles. The summed E-state index contributed by atoms with van der Waals surface area (Å²) < 4.78 is 0. The van der Waals surface area contributed by atoms with Crippen molar-refractivity contribution in [2.75, 3.05) is 16.9 Å². The summed E-state index contributed by atoms with van der Waals surface area (Å²) in [4.78, 5) is 4.04. The van der Waals surface area contributed by atoms with E-state index in [1.165, 1.54) is 0 Å². The predicted molar refractivity (Wildman–Crippen MR) is 86.2 cm³/mol. The molecule has 20 heavy (non-hydrogen) atoms. The summed E-state index contributed by atoms with van der Waals surface area (Å²) >= 11 is 0. The number of rotatable bonds is 3. The van der Waals surface area contributed by atoms with Crippen LogP contribution in [-0.2, 0) is 0 Å². The topological polar surface area (TPSA) is 103 Å². The summed E-state index contributed by atoms with van der Waals surface area (Å²) in [5.41, 5.74) is 16.9. The Bertz CT molecular complexity index is 539. The molecule has 5 heteroatoms. The van der Waals surface area contributed by atoms with E-state index in [-0.39, 0.29) is 5.92 Å². The number of pyridine rings is 1. The fourth-order valence-electron chi connectivity index (χ4n) is 1.98. The van der Waals surface area contributed by atoms with Gasteiger partial charge in [0.2, 0.25) is 0 Å². The Morgan fingerprint density at radius 3 is 2.25 bits per heavy atom. The van der Waals surface area contributed by atoms with Crippen molar-refractivity contribution in [1.82, 2.24) is 4.98 Å². The van der Waals surface area contributed by atoms with Crippen molar-refractivity contribution in [3.8, 4) is 0 Å². The number of nitrogens with zero attached hydrogens (tertiary/aromatic N) is 1. The highest BCUT2D eigenvalue weighted by atomic mass is 15.3. The van der Waals surface area contributed by atoms with Gasteiger partial charge in [-0.1, -0.05) is 51.1 Å². The maximum atomic E-state index is 6.04. The zero-order valence-corrected chi connectivity index (χ0v) is 12.2. The van der Waals surface area contributed by atoms with Gasteiger partial charge in [0.25, 0.3) is 0 Å². The van der Waals surface area contributed by atoms with E-state index < -0.39 is 0 Å². The van der Waals surface area contributed by atoms with Gasteiger partial charge in [-0.25, -0.2) is 10.8 Å². The Labute approximate surface area is 120 Å². The molecule has 0 aliphatic heterocycles. The van der Waals surface area contributed by atoms with Crippen molar-refractivity contribution in [3.05, 3.63) is 47.5 Å². The molecular formula is C15H23N5. The number of nitrogens with two attached hydrogens (primary N) is 3. The summed E-state index contributed by atoms with van der Waals surface area (Å²) in [5.74, 6) is 6.32. The van der Waals surface area contributed by atoms with E-state index in [2.05, 4.69) is 29.5 Å². The van der Waals surface area contributed by atoms with Crippen LogP contribution >= 0.6 is 0 Å². The van der Waals surface area contributed by atoms with Crippen LogP contribution in [0.5, 0.6) is 0 Å². The molecule has 0 fully saturated rings. The molecule has 0 saturated carbocycles. The Hall–Kier alpha value is -2.27. The number of anilines is 3. The summed E-state index contributed by atoms with van der Waals surface area (Å²) in [6.07, 6.45) is 0. The van der Waals surface area contributed by atoms with Crippen molar-refractivity contribution >= 4 is 17.3 Å². The fraction of sp³-hybridized carbons (Fsp3) is 0.267. The number of aromatic nitrogens is 1. The lowest BCUT2D eigenvalue weighted by Crippen LogP contribution is -2.14. The average molecular weight is 273 g/mol. The van der Waals surface area contributed by atoms with Gasteiger partial charge >= 0.3 is 0 Å². The highest BCUT2D eigenvalue weighted by Gasteiger charge is 2.15. The van der Waals surface area contributed by atoms with Crippen molar-refractivity contribution < 1.29 is 0 Å². The predicted octanol–water partition coefficient (Wildman–Crippen LogP) is 2.71. The van der Waals surface area contributed by atoms with E-state index in [9.17, 15) is 0 Å². The van der Waals surface area contributed by atoms with Gasteiger partial charge in [0.1, 0.15) is 5.82 Å². The first kappa shape index (κ1) is 15.8. The lowest BCUT2D eigenvalue weighted by Gasteiger charge is -2.17. The smallest absolute Gasteiger partial charge is 0.165 e. The number of benzene rings is 1. The molecule has 1 atom stereocenters. The number of hydrogen-bond acceptors (Lipinski definition) is 5. The standard InChI is InChI=1S/C13H17N5.C2H6/c1-8(9-5-3-2-4-6-9)10-7-11(14)17-13(18-16)12(10)15;1-2/h2-8H,15-16H2,1H3,(H3,14,17,18);1-2H3. The summed E-state index contributed by atoms with van der Waals surface area (Å²) in [6, 6.07) is 11.9. The summed E-state index contributed by atoms with van der Waals surface area (Å²) in [6.45, 7) is 6.07. The maximum absolute atomic E-state index is 6.04. The van der Waals surface area contributed by atoms with Crippen LogP contribution in [0.4, 0.5) is 17.3 Å². The minimum atomic E-state index is 0.128. The van der Waals surface area contributed by atoms with Crippen molar-refractivity contribution in [1.29, 1.82) is 0 Å². The Morgan fingerprint density at radius 2 is 1.70 bits per heavy atom. The van der Waals surface area contributed by atoms with Crippen LogP contribution in [0.1, 0.15) is 37.8 Å². The molecule has 1 unspecified atom stereocenters. The van der Waals surface area contributed by atoms with Gasteiger partial charge in [0.05, 0.1) is 5.69 Å². The monoisotopic (exact) mass is 273 g/mol. The molecule has 2 aromatic rings. The second kappa shape index (κ2) is 7.35. The second-order valence-corrected chi connectivity index (χ2v) is 4.18. The quantitative estimate of drug-likeness (QED) is 0.508. The molecule has 0 aliphatic rings. The van der Waals surface area contributed by atoms with Gasteiger partial charge in [-0.3, -0.25) is 0 Å². The number of hydrogen-bond donors (Lipinski definition) is 4. The molecule has 108 valence electrons. The maximum Gasteiger partial charge on any atom is 0.165 e. The first-order valence-electron chi connectivity index (χ1n) is 6.71. The van der Waals surface area contributed by atoms with Crippen LogP contribution in [0.3, 0.4) is 0 Å². The molecule has 1 aromatic heterocycles. The zero-order valence-electron chi connectivity index (χ0n) is 12.2. The van der Waals surface area contributed by atoms with E-state index >= 15 is 0 Å². The van der Waals surface area contributed by atoms with Crippen molar-refractivity contribution in [3.63, 3.8) is 0 Å². The number of hydrazine groups is 1. The molecule has 0 spiro atoms. The van der Waals surface area contributed by atoms with E-state index in [1.54, 1.807) is 6.07 Å². The summed E-state index contributed by atoms with van der Waals surface area (Å²) in [7, 11) is 0. The molecule has 7 N–H and O–H groups in total. The Kier molecular flexibility index (Phi) is 5.80. The SMILES string of the molecule is CC.CC(c1ccccc1)c1cc(N)nc(NN)c1N. The van der Waals surface area contributed by atoms with E-state index in [0.29, 0.717) is 17.3 Å². The minimum Gasteiger partial charge on any atom is -0.395 e. The van der Waals surface area contributed by atoms with Crippen LogP contribution in [-0.4, -0.2) is 4.98 Å². The van der Waals surface area contributed by atoms with Gasteiger partial charge in [0, 0.05) is 5.92 Å². The third-order valence-corrected chi connectivity index (χ3v) is 3.01. The Morgan fingerprint density at radius 1 is 1.10 bits per heavy atom. The second-order valence-electron chi connectivity index (χ2n) is 4.18. The van der Waals surface area contributed by atoms with E-state index in [1.807, 2.05) is 32.0 Å². The zero-order chi connectivity index (χ0) is 15.1. The van der Waals surface area contributed by atoms with E-state index in [0.717, 1.165) is 11.1 Å². The molecule has 0 bridgehead atoms. The minimum absolute atomic E-state index is 0.128. The van der Waals surface area contributed by atoms with Gasteiger partial charge in [-0.15, -0.1) is 0 Å². The molecular weight excluding hydrogens is 250 g/mol. The molecule has 5 nitrogen and oxygen atoms in total. The third kappa shape index (κ3) is 3.39. The molecule has 0 radical (unpaired) electrons. The normalized spacial score (nSPS) is 11.2. The molecule has 0 amide bonds. The van der Waals surface area contributed by atoms with Crippen molar-refractivity contribution in [2.45, 2.75) is 26.7 Å². The third-order valence-electron chi connectivity index (χ3n) is 3.01. The van der Waals surface area contributed by atoms with Crippen LogP contribution in [0.15, 0.2) is 36.4 Å². The fourth-order valence-corrected chi connectivity index (χ4v) is 1.98. The van der Waals surface area contributed by atoms with E-state index in [4.69, 9.17) is 17.3 Å². The number of nitrogens with one attached hydrogen (secondary N) is 1. The highest BCUT2D eigenvalue weighted by Crippen LogP contribution is 2.32. The largest absolute Gasteiger partial charge is 0.395 e. The average Bonchev–Trinajstić information content (AvgIpc) is 2.51. The highest BCUT2D eigenvalue weighted by molar-refractivity contribution is 5.69. The van der Waals surface area contributed by atoms with Gasteiger partial charge in [-0.05, 0) is 17.2 Å². The number of nitrogen functional groups attached to an aromatic ring is 3. The lowest BCUT2D eigenvalue weighted by molar-refractivity contribution is 0.922.